The van der Waals surface area contributed by atoms with Crippen LogP contribution in [0.5, 0.6) is 5.75 Å². The molecule has 2 aliphatic heterocycles. The second-order valence-electron chi connectivity index (χ2n) is 12.1. The highest BCUT2D eigenvalue weighted by molar-refractivity contribution is 8.24. The van der Waals surface area contributed by atoms with Crippen LogP contribution >= 0.6 is 10.6 Å². The van der Waals surface area contributed by atoms with E-state index in [0.29, 0.717) is 31.9 Å². The van der Waals surface area contributed by atoms with Gasteiger partial charge in [0.1, 0.15) is 23.4 Å². The molecule has 0 bridgehead atoms. The molecule has 0 radical (unpaired) electrons. The molecule has 4 rings (SSSR count). The molecule has 5 N–H and O–H groups in total. The fourth-order valence-corrected chi connectivity index (χ4v) is 6.74. The molecule has 0 spiro atoms. The van der Waals surface area contributed by atoms with Crippen LogP contribution in [0, 0.1) is 0 Å². The van der Waals surface area contributed by atoms with Crippen LogP contribution in [0.1, 0.15) is 51.5 Å². The van der Waals surface area contributed by atoms with Crippen LogP contribution < -0.4 is 20.7 Å². The Morgan fingerprint density at radius 3 is 2.25 bits per heavy atom. The van der Waals surface area contributed by atoms with E-state index in [4.69, 9.17) is 9.47 Å². The summed E-state index contributed by atoms with van der Waals surface area (Å²) in [6, 6.07) is 4.38. The Balaban J connectivity index is 1.43. The normalized spacial score (nSPS) is 24.1. The summed E-state index contributed by atoms with van der Waals surface area (Å²) in [4.78, 5) is 54.9. The van der Waals surface area contributed by atoms with Crippen LogP contribution in [-0.4, -0.2) is 106 Å². The van der Waals surface area contributed by atoms with Gasteiger partial charge in [0.15, 0.2) is 5.78 Å². The van der Waals surface area contributed by atoms with Crippen LogP contribution in [0.3, 0.4) is 0 Å². The quantitative estimate of drug-likeness (QED) is 0.152. The number of nitrogens with zero attached hydrogens (tertiary/aromatic N) is 1. The van der Waals surface area contributed by atoms with E-state index in [2.05, 4.69) is 22.0 Å². The molecule has 1 aromatic carbocycles. The summed E-state index contributed by atoms with van der Waals surface area (Å²) < 4.78 is 30.3. The SMILES string of the molecule is COc1ccc(C[C@H](NC(=O)[C@H](C)NC(=O)CN2CCS(O)(O)CC2)C(=O)N[C@@H](CC2=CCCCC2)C(=O)[C@]2(C)CO2)cc1. The Labute approximate surface area is 260 Å². The minimum absolute atomic E-state index is 0.0172. The highest BCUT2D eigenvalue weighted by Crippen LogP contribution is 2.40. The van der Waals surface area contributed by atoms with Gasteiger partial charge >= 0.3 is 0 Å². The molecule has 2 saturated heterocycles. The molecular weight excluding hydrogens is 588 g/mol. The molecule has 2 fully saturated rings. The van der Waals surface area contributed by atoms with Crippen molar-refractivity contribution in [1.29, 1.82) is 0 Å². The fraction of sp³-hybridized carbons (Fsp3) is 0.613. The van der Waals surface area contributed by atoms with Gasteiger partial charge in [-0.05, 0) is 63.6 Å². The fourth-order valence-electron chi connectivity index (χ4n) is 5.43. The van der Waals surface area contributed by atoms with Gasteiger partial charge in [-0.25, -0.2) is 0 Å². The largest absolute Gasteiger partial charge is 0.497 e. The lowest BCUT2D eigenvalue weighted by Gasteiger charge is -2.40. The van der Waals surface area contributed by atoms with Gasteiger partial charge in [-0.3, -0.25) is 33.2 Å². The number of ether oxygens (including phenoxy) is 2. The van der Waals surface area contributed by atoms with Gasteiger partial charge < -0.3 is 25.4 Å². The third-order valence-corrected chi connectivity index (χ3v) is 10.1. The number of ketones is 1. The summed E-state index contributed by atoms with van der Waals surface area (Å²) in [7, 11) is -1.02. The average Bonchev–Trinajstić information content (AvgIpc) is 3.76. The minimum atomic E-state index is -2.58. The number of carbonyl (C=O) groups excluding carboxylic acids is 4. The Morgan fingerprint density at radius 1 is 1.00 bits per heavy atom. The second-order valence-corrected chi connectivity index (χ2v) is 14.6. The smallest absolute Gasteiger partial charge is 0.243 e. The van der Waals surface area contributed by atoms with Crippen molar-refractivity contribution in [3.8, 4) is 5.75 Å². The van der Waals surface area contributed by atoms with E-state index in [1.165, 1.54) is 6.92 Å². The Morgan fingerprint density at radius 2 is 1.66 bits per heavy atom. The molecule has 1 aliphatic carbocycles. The molecule has 4 atom stereocenters. The van der Waals surface area contributed by atoms with Crippen molar-refractivity contribution in [3.05, 3.63) is 41.5 Å². The summed E-state index contributed by atoms with van der Waals surface area (Å²) in [5.74, 6) is -0.542. The van der Waals surface area contributed by atoms with Gasteiger partial charge in [0.05, 0.1) is 37.8 Å². The Bertz CT molecular complexity index is 1220. The first kappa shape index (κ1) is 33.9. The number of amides is 3. The highest BCUT2D eigenvalue weighted by Gasteiger charge is 2.50. The van der Waals surface area contributed by atoms with Crippen LogP contribution in [-0.2, 0) is 30.3 Å². The number of epoxide rings is 1. The van der Waals surface area contributed by atoms with E-state index in [1.54, 1.807) is 43.2 Å². The maximum atomic E-state index is 13.8. The number of hydrogen-bond donors (Lipinski definition) is 5. The van der Waals surface area contributed by atoms with Crippen LogP contribution in [0.15, 0.2) is 35.9 Å². The molecule has 2 heterocycles. The van der Waals surface area contributed by atoms with Gasteiger partial charge in [0.25, 0.3) is 0 Å². The summed E-state index contributed by atoms with van der Waals surface area (Å²) in [6.45, 7) is 4.33. The standard InChI is InChI=1S/C31H46N4O8S/c1-21(32-27(36)19-35-13-15-44(40,41)16-14-35)29(38)34-26(18-23-9-11-24(42-3)12-10-23)30(39)33-25(28(37)31(2)20-43-31)17-22-7-5-4-6-8-22/h7,9-12,21,25-26,40-41H,4-6,8,13-20H2,1-3H3,(H,32,36)(H,33,39)(H,34,38)/t21-,25-,26-,31-/m0/s1. The molecule has 12 nitrogen and oxygen atoms in total. The second kappa shape index (κ2) is 14.9. The molecule has 13 heteroatoms. The highest BCUT2D eigenvalue weighted by atomic mass is 32.3. The molecule has 1 aromatic rings. The monoisotopic (exact) mass is 634 g/mol. The molecule has 0 aromatic heterocycles. The lowest BCUT2D eigenvalue weighted by atomic mass is 9.89. The molecular formula is C31H46N4O8S. The average molecular weight is 635 g/mol. The van der Waals surface area contributed by atoms with E-state index >= 15 is 0 Å². The number of methoxy groups -OCH3 is 1. The number of rotatable bonds is 14. The zero-order chi connectivity index (χ0) is 31.9. The lowest BCUT2D eigenvalue weighted by Crippen LogP contribution is -2.57. The number of hydrogen-bond acceptors (Lipinski definition) is 9. The maximum Gasteiger partial charge on any atom is 0.243 e. The minimum Gasteiger partial charge on any atom is -0.497 e. The van der Waals surface area contributed by atoms with Crippen LogP contribution in [0.2, 0.25) is 0 Å². The van der Waals surface area contributed by atoms with Gasteiger partial charge in [0, 0.05) is 19.5 Å². The number of benzene rings is 1. The van der Waals surface area contributed by atoms with E-state index < -0.39 is 46.1 Å². The third kappa shape index (κ3) is 9.77. The van der Waals surface area contributed by atoms with Crippen molar-refractivity contribution < 1.29 is 37.8 Å². The van der Waals surface area contributed by atoms with Crippen molar-refractivity contribution in [3.63, 3.8) is 0 Å². The lowest BCUT2D eigenvalue weighted by molar-refractivity contribution is -0.134. The number of carbonyl (C=O) groups is 4. The van der Waals surface area contributed by atoms with E-state index in [0.717, 1.165) is 36.8 Å². The first-order valence-corrected chi connectivity index (χ1v) is 17.1. The molecule has 44 heavy (non-hydrogen) atoms. The molecule has 0 saturated carbocycles. The summed E-state index contributed by atoms with van der Waals surface area (Å²) >= 11 is 0. The van der Waals surface area contributed by atoms with Gasteiger partial charge in [-0.1, -0.05) is 23.8 Å². The Kier molecular flexibility index (Phi) is 11.5. The summed E-state index contributed by atoms with van der Waals surface area (Å²) in [5, 5.41) is 8.38. The van der Waals surface area contributed by atoms with E-state index in [1.807, 2.05) is 0 Å². The summed E-state index contributed by atoms with van der Waals surface area (Å²) in [6.07, 6.45) is 6.65. The topological polar surface area (TPSA) is 170 Å². The molecule has 3 amide bonds. The van der Waals surface area contributed by atoms with Crippen LogP contribution in [0.4, 0.5) is 0 Å². The molecule has 244 valence electrons. The Hall–Kier alpha value is -2.97. The van der Waals surface area contributed by atoms with Crippen LogP contribution in [0.25, 0.3) is 0 Å². The zero-order valence-corrected chi connectivity index (χ0v) is 26.6. The first-order chi connectivity index (χ1) is 20.9. The molecule has 0 unspecified atom stereocenters. The number of Topliss-reactive ketones (excluding diaryl/α,β-unsaturated/α-hetero) is 1. The van der Waals surface area contributed by atoms with Crippen molar-refractivity contribution >= 4 is 34.1 Å². The zero-order valence-electron chi connectivity index (χ0n) is 25.8. The number of nitrogens with one attached hydrogen (secondary N) is 3. The molecule has 3 aliphatic rings. The van der Waals surface area contributed by atoms with Gasteiger partial charge in [0.2, 0.25) is 17.7 Å². The van der Waals surface area contributed by atoms with Crippen molar-refractivity contribution in [2.24, 2.45) is 0 Å². The third-order valence-electron chi connectivity index (χ3n) is 8.42. The predicted octanol–water partition coefficient (Wildman–Crippen LogP) is 2.03. The van der Waals surface area contributed by atoms with Crippen molar-refractivity contribution in [1.82, 2.24) is 20.9 Å². The summed E-state index contributed by atoms with van der Waals surface area (Å²) in [5.41, 5.74) is 0.978. The van der Waals surface area contributed by atoms with Gasteiger partial charge in [-0.15, -0.1) is 0 Å². The van der Waals surface area contributed by atoms with E-state index in [9.17, 15) is 28.3 Å². The van der Waals surface area contributed by atoms with Crippen molar-refractivity contribution in [2.45, 2.75) is 76.1 Å². The van der Waals surface area contributed by atoms with E-state index in [-0.39, 0.29) is 36.2 Å². The van der Waals surface area contributed by atoms with Crippen molar-refractivity contribution in [2.75, 3.05) is 44.9 Å². The van der Waals surface area contributed by atoms with Gasteiger partial charge in [-0.2, -0.15) is 10.6 Å². The predicted molar refractivity (Wildman–Crippen MR) is 168 cm³/mol. The number of allylic oxidation sites excluding steroid dienone is 1. The maximum absolute atomic E-state index is 13.8. The first-order valence-electron chi connectivity index (χ1n) is 15.2.